The van der Waals surface area contributed by atoms with E-state index in [1.807, 2.05) is 24.3 Å². The molecule has 180 valence electrons. The number of rotatable bonds is 9. The third kappa shape index (κ3) is 6.38. The molecule has 0 radical (unpaired) electrons. The van der Waals surface area contributed by atoms with Crippen LogP contribution in [0.5, 0.6) is 0 Å². The number of anilines is 1. The largest absolute Gasteiger partial charge is 0.455 e. The highest BCUT2D eigenvalue weighted by Gasteiger charge is 2.21. The van der Waals surface area contributed by atoms with E-state index in [0.717, 1.165) is 22.4 Å². The first kappa shape index (κ1) is 24.3. The molecular formula is C26H33N5O2S. The smallest absolute Gasteiger partial charge is 0.287 e. The molecule has 3 heterocycles. The number of nitrogens with one attached hydrogen (secondary N) is 1. The van der Waals surface area contributed by atoms with Crippen LogP contribution in [0.3, 0.4) is 0 Å². The van der Waals surface area contributed by atoms with Crippen LogP contribution in [0.15, 0.2) is 52.2 Å². The van der Waals surface area contributed by atoms with Gasteiger partial charge in [-0.15, -0.1) is 0 Å². The van der Waals surface area contributed by atoms with Crippen LogP contribution in [0.4, 0.5) is 5.82 Å². The fourth-order valence-electron chi connectivity index (χ4n) is 4.10. The van der Waals surface area contributed by atoms with Crippen molar-refractivity contribution in [1.29, 1.82) is 0 Å². The second-order valence-electron chi connectivity index (χ2n) is 9.05. The lowest BCUT2D eigenvalue weighted by Gasteiger charge is -2.32. The summed E-state index contributed by atoms with van der Waals surface area (Å²) in [4.78, 5) is 28.6. The van der Waals surface area contributed by atoms with Gasteiger partial charge in [0.25, 0.3) is 5.91 Å². The van der Waals surface area contributed by atoms with Gasteiger partial charge < -0.3 is 14.6 Å². The van der Waals surface area contributed by atoms with Gasteiger partial charge in [-0.25, -0.2) is 9.97 Å². The van der Waals surface area contributed by atoms with Crippen LogP contribution in [0, 0.1) is 0 Å². The number of nitrogens with zero attached hydrogens (tertiary/aromatic N) is 4. The Bertz CT molecular complexity index is 1080. The van der Waals surface area contributed by atoms with Gasteiger partial charge in [-0.2, -0.15) is 0 Å². The molecule has 0 saturated heterocycles. The topological polar surface area (TPSA) is 84.2 Å². The molecule has 1 amide bonds. The third-order valence-corrected chi connectivity index (χ3v) is 7.04. The predicted molar refractivity (Wildman–Crippen MR) is 135 cm³/mol. The van der Waals surface area contributed by atoms with Gasteiger partial charge in [-0.3, -0.25) is 9.78 Å². The maximum atomic E-state index is 12.4. The van der Waals surface area contributed by atoms with Gasteiger partial charge in [-0.1, -0.05) is 50.9 Å². The quantitative estimate of drug-likeness (QED) is 0.317. The van der Waals surface area contributed by atoms with E-state index in [1.54, 1.807) is 12.3 Å². The molecule has 0 atom stereocenters. The maximum absolute atomic E-state index is 12.4. The molecule has 3 aromatic rings. The van der Waals surface area contributed by atoms with E-state index in [9.17, 15) is 4.79 Å². The van der Waals surface area contributed by atoms with Gasteiger partial charge in [0.05, 0.1) is 18.0 Å². The van der Waals surface area contributed by atoms with E-state index in [2.05, 4.69) is 42.2 Å². The van der Waals surface area contributed by atoms with Crippen molar-refractivity contribution in [2.75, 3.05) is 11.9 Å². The number of carbonyl (C=O) groups is 1. The van der Waals surface area contributed by atoms with E-state index in [4.69, 9.17) is 14.4 Å². The molecule has 1 aliphatic rings. The highest BCUT2D eigenvalue weighted by Crippen LogP contribution is 2.29. The fraction of sp³-hybridized carbons (Fsp3) is 0.462. The number of thioether (sulfide) groups is 1. The Morgan fingerprint density at radius 3 is 2.74 bits per heavy atom. The number of pyridine rings is 1. The molecule has 3 aromatic heterocycles. The van der Waals surface area contributed by atoms with E-state index in [1.165, 1.54) is 43.9 Å². The van der Waals surface area contributed by atoms with Crippen LogP contribution in [0.2, 0.25) is 0 Å². The Morgan fingerprint density at radius 1 is 1.18 bits per heavy atom. The Labute approximate surface area is 205 Å². The lowest BCUT2D eigenvalue weighted by atomic mass is 9.94. The summed E-state index contributed by atoms with van der Waals surface area (Å²) in [7, 11) is 2.15. The van der Waals surface area contributed by atoms with Gasteiger partial charge >= 0.3 is 0 Å². The average molecular weight is 480 g/mol. The van der Waals surface area contributed by atoms with E-state index >= 15 is 0 Å². The Morgan fingerprint density at radius 2 is 2.00 bits per heavy atom. The summed E-state index contributed by atoms with van der Waals surface area (Å²) >= 11 is 1.53. The summed E-state index contributed by atoms with van der Waals surface area (Å²) in [6, 6.07) is 11.8. The number of furan rings is 1. The lowest BCUT2D eigenvalue weighted by Crippen LogP contribution is -2.34. The summed E-state index contributed by atoms with van der Waals surface area (Å²) in [6.45, 7) is 4.67. The normalized spacial score (nSPS) is 14.4. The summed E-state index contributed by atoms with van der Waals surface area (Å²) in [6.07, 6.45) is 8.05. The average Bonchev–Trinajstić information content (AvgIpc) is 3.36. The molecule has 0 aromatic carbocycles. The van der Waals surface area contributed by atoms with Crippen molar-refractivity contribution in [3.8, 4) is 0 Å². The molecular weight excluding hydrogens is 446 g/mol. The molecule has 0 spiro atoms. The minimum absolute atomic E-state index is 0.253. The van der Waals surface area contributed by atoms with Crippen LogP contribution in [-0.2, 0) is 12.3 Å². The second kappa shape index (κ2) is 11.5. The predicted octanol–water partition coefficient (Wildman–Crippen LogP) is 5.58. The SMILES string of the molecule is CC(C)c1cc(N(C)C2CCCCC2)nc(SCc2ccc(C(=O)NCc3ccccn3)o2)n1. The van der Waals surface area contributed by atoms with Gasteiger partial charge in [-0.05, 0) is 43.0 Å². The van der Waals surface area contributed by atoms with Crippen LogP contribution in [-0.4, -0.2) is 33.9 Å². The Hall–Kier alpha value is -2.87. The number of aromatic nitrogens is 3. The van der Waals surface area contributed by atoms with Crippen LogP contribution >= 0.6 is 11.8 Å². The van der Waals surface area contributed by atoms with Crippen molar-refractivity contribution in [2.24, 2.45) is 0 Å². The molecule has 1 N–H and O–H groups in total. The highest BCUT2D eigenvalue weighted by atomic mass is 32.2. The van der Waals surface area contributed by atoms with Crippen molar-refractivity contribution >= 4 is 23.5 Å². The monoisotopic (exact) mass is 479 g/mol. The Balaban J connectivity index is 1.39. The zero-order valence-corrected chi connectivity index (χ0v) is 21.0. The fourth-order valence-corrected chi connectivity index (χ4v) is 4.86. The van der Waals surface area contributed by atoms with Gasteiger partial charge in [0.15, 0.2) is 10.9 Å². The standard InChI is InChI=1S/C26H33N5O2S/c1-18(2)22-15-24(31(3)20-10-5-4-6-11-20)30-26(29-22)34-17-21-12-13-23(33-21)25(32)28-16-19-9-7-8-14-27-19/h7-9,12-15,18,20H,4-6,10-11,16-17H2,1-3H3,(H,28,32). The molecule has 7 nitrogen and oxygen atoms in total. The molecule has 0 unspecified atom stereocenters. The highest BCUT2D eigenvalue weighted by molar-refractivity contribution is 7.98. The first-order valence-electron chi connectivity index (χ1n) is 12.0. The molecule has 1 aliphatic carbocycles. The zero-order valence-electron chi connectivity index (χ0n) is 20.2. The minimum atomic E-state index is -0.253. The maximum Gasteiger partial charge on any atom is 0.287 e. The van der Waals surface area contributed by atoms with Crippen molar-refractivity contribution in [1.82, 2.24) is 20.3 Å². The number of hydrogen-bond acceptors (Lipinski definition) is 7. The van der Waals surface area contributed by atoms with E-state index in [-0.39, 0.29) is 5.91 Å². The summed E-state index contributed by atoms with van der Waals surface area (Å²) in [5.74, 6) is 2.62. The van der Waals surface area contributed by atoms with E-state index in [0.29, 0.717) is 35.8 Å². The first-order valence-corrected chi connectivity index (χ1v) is 13.0. The van der Waals surface area contributed by atoms with Crippen LogP contribution < -0.4 is 10.2 Å². The van der Waals surface area contributed by atoms with Crippen molar-refractivity contribution in [3.63, 3.8) is 0 Å². The number of carbonyl (C=O) groups excluding carboxylic acids is 1. The van der Waals surface area contributed by atoms with Gasteiger partial charge in [0.1, 0.15) is 11.6 Å². The minimum Gasteiger partial charge on any atom is -0.455 e. The van der Waals surface area contributed by atoms with Crippen molar-refractivity contribution in [2.45, 2.75) is 75.4 Å². The van der Waals surface area contributed by atoms with E-state index < -0.39 is 0 Å². The third-order valence-electron chi connectivity index (χ3n) is 6.17. The first-order chi connectivity index (χ1) is 16.5. The summed E-state index contributed by atoms with van der Waals surface area (Å²) in [5.41, 5.74) is 1.85. The summed E-state index contributed by atoms with van der Waals surface area (Å²) < 4.78 is 5.79. The van der Waals surface area contributed by atoms with Gasteiger partial charge in [0.2, 0.25) is 0 Å². The van der Waals surface area contributed by atoms with Gasteiger partial charge in [0, 0.05) is 31.0 Å². The molecule has 8 heteroatoms. The van der Waals surface area contributed by atoms with Crippen LogP contribution in [0.25, 0.3) is 0 Å². The van der Waals surface area contributed by atoms with Crippen molar-refractivity contribution < 1.29 is 9.21 Å². The molecule has 34 heavy (non-hydrogen) atoms. The molecule has 0 aliphatic heterocycles. The Kier molecular flexibility index (Phi) is 8.21. The second-order valence-corrected chi connectivity index (χ2v) is 9.99. The number of amides is 1. The zero-order chi connectivity index (χ0) is 23.9. The molecule has 4 rings (SSSR count). The van der Waals surface area contributed by atoms with Crippen LogP contribution in [0.1, 0.15) is 79.6 Å². The lowest BCUT2D eigenvalue weighted by molar-refractivity contribution is 0.0921. The molecule has 1 fully saturated rings. The molecule has 1 saturated carbocycles. The van der Waals surface area contributed by atoms with Crippen molar-refractivity contribution in [3.05, 3.63) is 65.5 Å². The summed E-state index contributed by atoms with van der Waals surface area (Å²) in [5, 5.41) is 3.58. The number of hydrogen-bond donors (Lipinski definition) is 1. The molecule has 0 bridgehead atoms.